The Hall–Kier alpha value is -3.95. The van der Waals surface area contributed by atoms with Crippen LogP contribution in [-0.4, -0.2) is 38.9 Å². The summed E-state index contributed by atoms with van der Waals surface area (Å²) in [6.07, 6.45) is 0.198. The number of benzene rings is 3. The lowest BCUT2D eigenvalue weighted by molar-refractivity contribution is -0.143. The van der Waals surface area contributed by atoms with Crippen molar-refractivity contribution in [2.45, 2.75) is 24.5 Å². The van der Waals surface area contributed by atoms with E-state index in [1.54, 1.807) is 24.3 Å². The fourth-order valence-electron chi connectivity index (χ4n) is 5.89. The first-order valence-electron chi connectivity index (χ1n) is 11.7. The Morgan fingerprint density at radius 3 is 2.38 bits per heavy atom. The van der Waals surface area contributed by atoms with Gasteiger partial charge in [0.05, 0.1) is 18.4 Å². The molecule has 0 aliphatic carbocycles. The molecule has 0 bridgehead atoms. The number of halogens is 2. The molecule has 4 N–H and O–H groups in total. The molecular weight excluding hydrogens is 501 g/mol. The van der Waals surface area contributed by atoms with Crippen molar-refractivity contribution in [2.75, 3.05) is 5.32 Å². The molecule has 188 valence electrons. The predicted molar refractivity (Wildman–Crippen MR) is 131 cm³/mol. The number of nitrogens with zero attached hydrogens (tertiary/aromatic N) is 1. The quantitative estimate of drug-likeness (QED) is 0.309. The summed E-state index contributed by atoms with van der Waals surface area (Å²) in [7, 11) is 0. The first kappa shape index (κ1) is 23.4. The normalized spacial score (nSPS) is 26.1. The Morgan fingerprint density at radius 1 is 0.919 bits per heavy atom. The van der Waals surface area contributed by atoms with E-state index in [9.17, 15) is 29.0 Å². The lowest BCUT2D eigenvalue weighted by Crippen LogP contribution is -2.53. The van der Waals surface area contributed by atoms with Gasteiger partial charge in [-0.3, -0.25) is 24.6 Å². The smallest absolute Gasteiger partial charge is 0.250 e. The maximum atomic E-state index is 13.9. The third-order valence-electron chi connectivity index (χ3n) is 7.52. The topological polar surface area (TPSA) is 119 Å². The molecule has 4 atom stereocenters. The minimum absolute atomic E-state index is 0.0578. The molecule has 6 rings (SSSR count). The number of anilines is 1. The van der Waals surface area contributed by atoms with E-state index in [0.29, 0.717) is 27.4 Å². The van der Waals surface area contributed by atoms with Gasteiger partial charge in [0.2, 0.25) is 17.7 Å². The number of aromatic hydroxyl groups is 2. The van der Waals surface area contributed by atoms with Gasteiger partial charge in [-0.15, -0.1) is 0 Å². The van der Waals surface area contributed by atoms with Gasteiger partial charge in [0, 0.05) is 22.3 Å². The summed E-state index contributed by atoms with van der Waals surface area (Å²) in [4.78, 5) is 42.3. The highest BCUT2D eigenvalue weighted by atomic mass is 35.5. The number of carbonyl (C=O) groups excluding carboxylic acids is 3. The summed E-state index contributed by atoms with van der Waals surface area (Å²) in [6.45, 7) is -0.0578. The Bertz CT molecular complexity index is 1480. The van der Waals surface area contributed by atoms with E-state index in [-0.39, 0.29) is 24.5 Å². The SMILES string of the molecule is O=C1C2C(Cc3ccc(O)c(O)c3)NC3(C(=O)Nc4ccc(Cl)cc43)C2C(=O)N1Cc1ccc(F)cc1. The summed E-state index contributed by atoms with van der Waals surface area (Å²) < 4.78 is 13.4. The molecule has 3 heterocycles. The molecule has 3 aliphatic heterocycles. The second-order valence-corrected chi connectivity index (χ2v) is 10.1. The first-order valence-corrected chi connectivity index (χ1v) is 12.1. The van der Waals surface area contributed by atoms with E-state index >= 15 is 0 Å². The summed E-state index contributed by atoms with van der Waals surface area (Å²) >= 11 is 6.28. The van der Waals surface area contributed by atoms with Crippen LogP contribution in [0.25, 0.3) is 0 Å². The van der Waals surface area contributed by atoms with Crippen molar-refractivity contribution in [1.29, 1.82) is 0 Å². The second-order valence-electron chi connectivity index (χ2n) is 9.62. The highest BCUT2D eigenvalue weighted by Crippen LogP contribution is 2.54. The number of imide groups is 1. The summed E-state index contributed by atoms with van der Waals surface area (Å²) in [5.41, 5.74) is 0.635. The average molecular weight is 522 g/mol. The van der Waals surface area contributed by atoms with Gasteiger partial charge in [0.15, 0.2) is 11.5 Å². The van der Waals surface area contributed by atoms with Crippen LogP contribution in [-0.2, 0) is 32.9 Å². The van der Waals surface area contributed by atoms with E-state index in [2.05, 4.69) is 10.6 Å². The van der Waals surface area contributed by atoms with Crippen molar-refractivity contribution in [3.8, 4) is 11.5 Å². The third kappa shape index (κ3) is 3.49. The largest absolute Gasteiger partial charge is 0.504 e. The van der Waals surface area contributed by atoms with Crippen molar-refractivity contribution in [2.24, 2.45) is 11.8 Å². The van der Waals surface area contributed by atoms with Gasteiger partial charge in [0.1, 0.15) is 11.4 Å². The fourth-order valence-corrected chi connectivity index (χ4v) is 6.06. The molecule has 1 spiro atoms. The first-order chi connectivity index (χ1) is 17.7. The highest BCUT2D eigenvalue weighted by Gasteiger charge is 2.70. The van der Waals surface area contributed by atoms with Crippen molar-refractivity contribution in [1.82, 2.24) is 10.2 Å². The van der Waals surface area contributed by atoms with Crippen LogP contribution >= 0.6 is 11.6 Å². The van der Waals surface area contributed by atoms with Gasteiger partial charge in [-0.05, 0) is 60.0 Å². The zero-order valence-electron chi connectivity index (χ0n) is 19.2. The summed E-state index contributed by atoms with van der Waals surface area (Å²) in [5, 5.41) is 26.2. The third-order valence-corrected chi connectivity index (χ3v) is 7.75. The molecule has 0 radical (unpaired) electrons. The van der Waals surface area contributed by atoms with Gasteiger partial charge < -0.3 is 15.5 Å². The minimum Gasteiger partial charge on any atom is -0.504 e. The Kier molecular flexibility index (Phi) is 5.25. The Balaban J connectivity index is 1.44. The van der Waals surface area contributed by atoms with Gasteiger partial charge in [-0.1, -0.05) is 29.8 Å². The van der Waals surface area contributed by atoms with Crippen molar-refractivity contribution in [3.63, 3.8) is 0 Å². The van der Waals surface area contributed by atoms with Crippen LogP contribution in [0.5, 0.6) is 11.5 Å². The van der Waals surface area contributed by atoms with Gasteiger partial charge >= 0.3 is 0 Å². The van der Waals surface area contributed by atoms with Crippen LogP contribution in [0.15, 0.2) is 60.7 Å². The molecule has 10 heteroatoms. The monoisotopic (exact) mass is 521 g/mol. The minimum atomic E-state index is -1.53. The van der Waals surface area contributed by atoms with Crippen LogP contribution in [0.2, 0.25) is 5.02 Å². The lowest BCUT2D eigenvalue weighted by Gasteiger charge is -2.29. The van der Waals surface area contributed by atoms with E-state index in [1.165, 1.54) is 36.4 Å². The molecule has 3 amide bonds. The molecular formula is C27H21ClFN3O5. The number of amides is 3. The molecule has 2 saturated heterocycles. The van der Waals surface area contributed by atoms with Gasteiger partial charge in [0.25, 0.3) is 0 Å². The number of rotatable bonds is 4. The van der Waals surface area contributed by atoms with E-state index in [0.717, 1.165) is 4.90 Å². The summed E-state index contributed by atoms with van der Waals surface area (Å²) in [6, 6.07) is 14.1. The van der Waals surface area contributed by atoms with E-state index in [4.69, 9.17) is 11.6 Å². The molecule has 3 aromatic rings. The summed E-state index contributed by atoms with van der Waals surface area (Å²) in [5.74, 6) is -4.38. The Labute approximate surface area is 215 Å². The molecule has 0 aromatic heterocycles. The number of hydrogen-bond donors (Lipinski definition) is 4. The Morgan fingerprint density at radius 2 is 1.65 bits per heavy atom. The van der Waals surface area contributed by atoms with E-state index < -0.39 is 47.0 Å². The highest BCUT2D eigenvalue weighted by molar-refractivity contribution is 6.31. The number of phenols is 2. The van der Waals surface area contributed by atoms with Crippen molar-refractivity contribution < 1.29 is 29.0 Å². The number of carbonyl (C=O) groups is 3. The standard InChI is InChI=1S/C27H21ClFN3O5/c28-15-4-7-18-17(11-15)27(26(37)30-18)23-22(19(31-27)9-14-3-8-20(33)21(34)10-14)24(35)32(25(23)36)12-13-1-5-16(29)6-2-13/h1-8,10-11,19,22-23,31,33-34H,9,12H2,(H,30,37). The lowest BCUT2D eigenvalue weighted by atomic mass is 9.76. The second kappa shape index (κ2) is 8.29. The number of phenolic OH excluding ortho intramolecular Hbond substituents is 2. The predicted octanol–water partition coefficient (Wildman–Crippen LogP) is 3.05. The average Bonchev–Trinajstić information content (AvgIpc) is 3.43. The molecule has 2 fully saturated rings. The molecule has 37 heavy (non-hydrogen) atoms. The van der Waals surface area contributed by atoms with Crippen molar-refractivity contribution in [3.05, 3.63) is 88.2 Å². The van der Waals surface area contributed by atoms with Crippen LogP contribution in [0.1, 0.15) is 16.7 Å². The maximum absolute atomic E-state index is 13.9. The number of hydrogen-bond acceptors (Lipinski definition) is 6. The molecule has 3 aliphatic rings. The number of fused-ring (bicyclic) bond motifs is 4. The van der Waals surface area contributed by atoms with E-state index in [1.807, 2.05) is 0 Å². The van der Waals surface area contributed by atoms with Crippen molar-refractivity contribution >= 4 is 35.0 Å². The molecule has 8 nitrogen and oxygen atoms in total. The number of likely N-dealkylation sites (tertiary alicyclic amines) is 1. The zero-order chi connectivity index (χ0) is 26.1. The van der Waals surface area contributed by atoms with Crippen LogP contribution in [0, 0.1) is 17.7 Å². The zero-order valence-corrected chi connectivity index (χ0v) is 20.0. The molecule has 4 unspecified atom stereocenters. The fraction of sp³-hybridized carbons (Fsp3) is 0.222. The van der Waals surface area contributed by atoms with Gasteiger partial charge in [-0.2, -0.15) is 0 Å². The molecule has 3 aromatic carbocycles. The van der Waals surface area contributed by atoms with Crippen LogP contribution in [0.3, 0.4) is 0 Å². The molecule has 0 saturated carbocycles. The maximum Gasteiger partial charge on any atom is 0.250 e. The van der Waals surface area contributed by atoms with Crippen LogP contribution in [0.4, 0.5) is 10.1 Å². The number of nitrogens with one attached hydrogen (secondary N) is 2. The van der Waals surface area contributed by atoms with Crippen LogP contribution < -0.4 is 10.6 Å². The van der Waals surface area contributed by atoms with Gasteiger partial charge in [-0.25, -0.2) is 4.39 Å².